The van der Waals surface area contributed by atoms with Crippen molar-refractivity contribution in [2.75, 3.05) is 6.54 Å². The summed E-state index contributed by atoms with van der Waals surface area (Å²) >= 11 is 0. The smallest absolute Gasteiger partial charge is 0.417 e. The van der Waals surface area contributed by atoms with E-state index in [0.717, 1.165) is 4.90 Å². The van der Waals surface area contributed by atoms with Crippen LogP contribution in [0.25, 0.3) is 0 Å². The van der Waals surface area contributed by atoms with Crippen molar-refractivity contribution in [3.63, 3.8) is 0 Å². The third-order valence-corrected chi connectivity index (χ3v) is 3.67. The topological polar surface area (TPSA) is 76.2 Å². The average molecular weight is 326 g/mol. The van der Waals surface area contributed by atoms with Crippen LogP contribution in [0.5, 0.6) is 0 Å². The third kappa shape index (κ3) is 3.95. The van der Waals surface area contributed by atoms with Gasteiger partial charge in [-0.25, -0.2) is 14.5 Å². The Morgan fingerprint density at radius 1 is 0.957 bits per heavy atom. The van der Waals surface area contributed by atoms with Gasteiger partial charge in [0.2, 0.25) is 0 Å². The summed E-state index contributed by atoms with van der Waals surface area (Å²) in [6.45, 7) is 10.8. The highest BCUT2D eigenvalue weighted by molar-refractivity contribution is 5.98. The Balaban J connectivity index is 2.11. The van der Waals surface area contributed by atoms with Crippen molar-refractivity contribution < 1.29 is 23.9 Å². The van der Waals surface area contributed by atoms with Crippen LogP contribution in [-0.2, 0) is 14.3 Å². The fraction of sp³-hybridized carbons (Fsp3) is 0.812. The molecule has 0 spiro atoms. The van der Waals surface area contributed by atoms with Crippen LogP contribution >= 0.6 is 0 Å². The molecule has 2 rings (SSSR count). The number of ether oxygens (including phenoxy) is 2. The van der Waals surface area contributed by atoms with Crippen molar-refractivity contribution >= 4 is 18.1 Å². The summed E-state index contributed by atoms with van der Waals surface area (Å²) in [6.07, 6.45) is 0.0715. The summed E-state index contributed by atoms with van der Waals surface area (Å²) in [7, 11) is 0. The minimum atomic E-state index is -0.668. The zero-order valence-electron chi connectivity index (χ0n) is 14.7. The molecule has 7 nitrogen and oxygen atoms in total. The van der Waals surface area contributed by atoms with Gasteiger partial charge in [0.15, 0.2) is 0 Å². The molecule has 3 amide bonds. The van der Waals surface area contributed by atoms with Gasteiger partial charge in [0.25, 0.3) is 5.91 Å². The number of hydrogen-bond donors (Lipinski definition) is 0. The van der Waals surface area contributed by atoms with Crippen LogP contribution in [0.2, 0.25) is 0 Å². The number of amides is 3. The Bertz CT molecular complexity index is 518. The maximum atomic E-state index is 12.6. The van der Waals surface area contributed by atoms with Crippen LogP contribution in [0.4, 0.5) is 9.59 Å². The van der Waals surface area contributed by atoms with E-state index in [4.69, 9.17) is 9.47 Å². The van der Waals surface area contributed by atoms with Gasteiger partial charge in [-0.15, -0.1) is 0 Å². The molecular formula is C16H26N2O5. The lowest BCUT2D eigenvalue weighted by Gasteiger charge is -2.39. The second kappa shape index (κ2) is 5.69. The van der Waals surface area contributed by atoms with Gasteiger partial charge >= 0.3 is 12.2 Å². The number of carbonyl (C=O) groups excluding carboxylic acids is 3. The minimum absolute atomic E-state index is 0.156. The van der Waals surface area contributed by atoms with Gasteiger partial charge < -0.3 is 9.47 Å². The SMILES string of the molecule is CC(C)(C)OC(=O)N1CC2CCC(C1=O)N2C(=O)OC(C)(C)C. The van der Waals surface area contributed by atoms with E-state index < -0.39 is 29.4 Å². The first-order valence-corrected chi connectivity index (χ1v) is 7.95. The van der Waals surface area contributed by atoms with Gasteiger partial charge in [-0.05, 0) is 54.4 Å². The van der Waals surface area contributed by atoms with Crippen LogP contribution in [-0.4, -0.2) is 57.7 Å². The average Bonchev–Trinajstić information content (AvgIpc) is 2.67. The molecule has 0 N–H and O–H groups in total. The number of rotatable bonds is 0. The highest BCUT2D eigenvalue weighted by atomic mass is 16.6. The molecule has 2 saturated heterocycles. The van der Waals surface area contributed by atoms with E-state index >= 15 is 0 Å². The van der Waals surface area contributed by atoms with E-state index in [1.807, 2.05) is 0 Å². The molecule has 0 aromatic rings. The second-order valence-corrected chi connectivity index (χ2v) is 8.06. The summed E-state index contributed by atoms with van der Waals surface area (Å²) < 4.78 is 10.7. The first-order chi connectivity index (χ1) is 10.4. The largest absolute Gasteiger partial charge is 0.444 e. The monoisotopic (exact) mass is 326 g/mol. The lowest BCUT2D eigenvalue weighted by Crippen LogP contribution is -2.61. The molecule has 0 radical (unpaired) electrons. The van der Waals surface area contributed by atoms with Crippen molar-refractivity contribution in [3.8, 4) is 0 Å². The highest BCUT2D eigenvalue weighted by Gasteiger charge is 2.51. The van der Waals surface area contributed by atoms with Crippen LogP contribution in [0.15, 0.2) is 0 Å². The quantitative estimate of drug-likeness (QED) is 0.684. The van der Waals surface area contributed by atoms with E-state index in [0.29, 0.717) is 12.8 Å². The van der Waals surface area contributed by atoms with Crippen LogP contribution < -0.4 is 0 Å². The minimum Gasteiger partial charge on any atom is -0.444 e. The fourth-order valence-electron chi connectivity index (χ4n) is 2.86. The molecule has 0 aromatic heterocycles. The van der Waals surface area contributed by atoms with Gasteiger partial charge in [-0.3, -0.25) is 9.69 Å². The highest BCUT2D eigenvalue weighted by Crippen LogP contribution is 2.33. The van der Waals surface area contributed by atoms with E-state index in [9.17, 15) is 14.4 Å². The molecule has 2 bridgehead atoms. The van der Waals surface area contributed by atoms with Gasteiger partial charge in [0.05, 0.1) is 12.6 Å². The summed E-state index contributed by atoms with van der Waals surface area (Å²) in [5.41, 5.74) is -1.29. The van der Waals surface area contributed by atoms with Crippen molar-refractivity contribution in [2.24, 2.45) is 0 Å². The molecule has 2 fully saturated rings. The number of piperazine rings is 1. The van der Waals surface area contributed by atoms with E-state index in [1.165, 1.54) is 4.90 Å². The molecule has 2 aliphatic heterocycles. The molecule has 2 heterocycles. The first kappa shape index (κ1) is 17.6. The molecule has 130 valence electrons. The van der Waals surface area contributed by atoms with E-state index in [2.05, 4.69) is 0 Å². The molecule has 23 heavy (non-hydrogen) atoms. The molecule has 7 heteroatoms. The zero-order chi connectivity index (χ0) is 17.6. The van der Waals surface area contributed by atoms with Crippen molar-refractivity contribution in [1.29, 1.82) is 0 Å². The van der Waals surface area contributed by atoms with Crippen molar-refractivity contribution in [1.82, 2.24) is 9.80 Å². The van der Waals surface area contributed by atoms with Crippen LogP contribution in [0.1, 0.15) is 54.4 Å². The molecule has 2 atom stereocenters. The van der Waals surface area contributed by atoms with Crippen LogP contribution in [0, 0.1) is 0 Å². The van der Waals surface area contributed by atoms with Gasteiger partial charge in [0.1, 0.15) is 17.2 Å². The number of imide groups is 1. The van der Waals surface area contributed by atoms with Gasteiger partial charge in [-0.1, -0.05) is 0 Å². The number of likely N-dealkylation sites (tertiary alicyclic amines) is 1. The fourth-order valence-corrected chi connectivity index (χ4v) is 2.86. The number of fused-ring (bicyclic) bond motifs is 2. The zero-order valence-corrected chi connectivity index (χ0v) is 14.7. The number of hydrogen-bond acceptors (Lipinski definition) is 5. The molecule has 0 saturated carbocycles. The normalized spacial score (nSPS) is 24.7. The first-order valence-electron chi connectivity index (χ1n) is 7.95. The standard InChI is InChI=1S/C16H26N2O5/c1-15(2,3)22-13(20)17-9-10-7-8-11(12(17)19)18(10)14(21)23-16(4,5)6/h10-11H,7-9H2,1-6H3. The Morgan fingerprint density at radius 2 is 1.48 bits per heavy atom. The van der Waals surface area contributed by atoms with E-state index in [-0.39, 0.29) is 18.5 Å². The Kier molecular flexibility index (Phi) is 4.34. The van der Waals surface area contributed by atoms with Crippen molar-refractivity contribution in [2.45, 2.75) is 77.7 Å². The third-order valence-electron chi connectivity index (χ3n) is 3.67. The number of nitrogens with zero attached hydrogens (tertiary/aromatic N) is 2. The Labute approximate surface area is 136 Å². The molecule has 2 aliphatic rings. The molecular weight excluding hydrogens is 300 g/mol. The van der Waals surface area contributed by atoms with Crippen LogP contribution in [0.3, 0.4) is 0 Å². The maximum absolute atomic E-state index is 12.6. The molecule has 0 aromatic carbocycles. The lowest BCUT2D eigenvalue weighted by molar-refractivity contribution is -0.139. The predicted molar refractivity (Wildman–Crippen MR) is 82.8 cm³/mol. The van der Waals surface area contributed by atoms with Gasteiger partial charge in [-0.2, -0.15) is 0 Å². The Morgan fingerprint density at radius 3 is 2.00 bits per heavy atom. The second-order valence-electron chi connectivity index (χ2n) is 8.06. The Hall–Kier alpha value is -1.79. The predicted octanol–water partition coefficient (Wildman–Crippen LogP) is 2.53. The maximum Gasteiger partial charge on any atom is 0.417 e. The summed E-state index contributed by atoms with van der Waals surface area (Å²) in [4.78, 5) is 39.7. The molecule has 2 unspecified atom stereocenters. The lowest BCUT2D eigenvalue weighted by atomic mass is 10.1. The molecule has 0 aliphatic carbocycles. The summed E-state index contributed by atoms with van der Waals surface area (Å²) in [5, 5.41) is 0. The van der Waals surface area contributed by atoms with Gasteiger partial charge in [0, 0.05) is 0 Å². The van der Waals surface area contributed by atoms with E-state index in [1.54, 1.807) is 41.5 Å². The summed E-state index contributed by atoms with van der Waals surface area (Å²) in [5.74, 6) is -0.390. The summed E-state index contributed by atoms with van der Waals surface area (Å²) in [6, 6.07) is -0.851. The van der Waals surface area contributed by atoms with Crippen molar-refractivity contribution in [3.05, 3.63) is 0 Å². The number of carbonyl (C=O) groups is 3.